The molecule has 0 spiro atoms. The number of hydrogen-bond acceptors (Lipinski definition) is 5. The normalized spacial score (nSPS) is 17.0. The quantitative estimate of drug-likeness (QED) is 0.748. The summed E-state index contributed by atoms with van der Waals surface area (Å²) in [5, 5.41) is 8.93. The lowest BCUT2D eigenvalue weighted by Crippen LogP contribution is -2.23. The van der Waals surface area contributed by atoms with Crippen molar-refractivity contribution in [2.75, 3.05) is 18.0 Å². The summed E-state index contributed by atoms with van der Waals surface area (Å²) in [6.45, 7) is 1.19. The highest BCUT2D eigenvalue weighted by Gasteiger charge is 2.28. The molecule has 26 heavy (non-hydrogen) atoms. The summed E-state index contributed by atoms with van der Waals surface area (Å²) in [5.41, 5.74) is -0.0757. The van der Waals surface area contributed by atoms with Crippen LogP contribution in [0.25, 0.3) is 11.0 Å². The number of aromatic amines is 1. The molecule has 3 aromatic heterocycles. The number of hydrogen-bond donors (Lipinski definition) is 2. The Balaban J connectivity index is 1.70. The van der Waals surface area contributed by atoms with Crippen LogP contribution in [-0.4, -0.2) is 39.1 Å². The molecule has 1 unspecified atom stereocenters. The molecule has 1 fully saturated rings. The SMILES string of the molecule is O=C(O)c1c[nH]c2nc(N3CCC(c4ccccn4)C3)c(F)cc2c1=O. The van der Waals surface area contributed by atoms with Gasteiger partial charge in [0, 0.05) is 37.1 Å². The number of aromatic nitrogens is 3. The number of carboxylic acids is 1. The number of anilines is 1. The molecule has 1 aliphatic heterocycles. The highest BCUT2D eigenvalue weighted by Crippen LogP contribution is 2.30. The number of nitrogens with one attached hydrogen (secondary N) is 1. The first-order chi connectivity index (χ1) is 12.5. The van der Waals surface area contributed by atoms with E-state index in [9.17, 15) is 14.0 Å². The second-order valence-electron chi connectivity index (χ2n) is 6.21. The maximum Gasteiger partial charge on any atom is 0.341 e. The van der Waals surface area contributed by atoms with E-state index >= 15 is 0 Å². The van der Waals surface area contributed by atoms with Crippen LogP contribution < -0.4 is 10.3 Å². The summed E-state index contributed by atoms with van der Waals surface area (Å²) in [6.07, 6.45) is 3.64. The van der Waals surface area contributed by atoms with Crippen molar-refractivity contribution in [2.45, 2.75) is 12.3 Å². The number of fused-ring (bicyclic) bond motifs is 1. The van der Waals surface area contributed by atoms with Gasteiger partial charge in [-0.1, -0.05) is 6.07 Å². The third-order valence-electron chi connectivity index (χ3n) is 4.62. The molecule has 3 aromatic rings. The lowest BCUT2D eigenvalue weighted by atomic mass is 10.0. The predicted molar refractivity (Wildman–Crippen MR) is 93.1 cm³/mol. The second kappa shape index (κ2) is 6.21. The zero-order valence-electron chi connectivity index (χ0n) is 13.6. The molecule has 1 atom stereocenters. The van der Waals surface area contributed by atoms with E-state index in [2.05, 4.69) is 15.0 Å². The average molecular weight is 354 g/mol. The van der Waals surface area contributed by atoms with E-state index in [1.807, 2.05) is 23.1 Å². The molecule has 0 aliphatic carbocycles. The van der Waals surface area contributed by atoms with Gasteiger partial charge in [0.15, 0.2) is 11.6 Å². The third kappa shape index (κ3) is 2.69. The van der Waals surface area contributed by atoms with Gasteiger partial charge in [0.2, 0.25) is 5.43 Å². The molecule has 2 N–H and O–H groups in total. The Bertz CT molecular complexity index is 1050. The van der Waals surface area contributed by atoms with Gasteiger partial charge in [-0.25, -0.2) is 14.2 Å². The van der Waals surface area contributed by atoms with Gasteiger partial charge in [-0.15, -0.1) is 0 Å². The monoisotopic (exact) mass is 354 g/mol. The predicted octanol–water partition coefficient (Wildman–Crippen LogP) is 2.15. The molecule has 1 saturated heterocycles. The van der Waals surface area contributed by atoms with Crippen LogP contribution in [0.2, 0.25) is 0 Å². The lowest BCUT2D eigenvalue weighted by molar-refractivity contribution is 0.0695. The molecule has 4 rings (SSSR count). The van der Waals surface area contributed by atoms with E-state index in [0.29, 0.717) is 13.1 Å². The number of nitrogens with zero attached hydrogens (tertiary/aromatic N) is 3. The first-order valence-corrected chi connectivity index (χ1v) is 8.15. The zero-order valence-corrected chi connectivity index (χ0v) is 13.6. The second-order valence-corrected chi connectivity index (χ2v) is 6.21. The summed E-state index contributed by atoms with van der Waals surface area (Å²) in [5.74, 6) is -1.68. The Morgan fingerprint density at radius 3 is 2.96 bits per heavy atom. The number of carboxylic acid groups (broad SMARTS) is 1. The molecule has 1 aliphatic rings. The van der Waals surface area contributed by atoms with Crippen LogP contribution in [0.5, 0.6) is 0 Å². The minimum Gasteiger partial charge on any atom is -0.477 e. The van der Waals surface area contributed by atoms with Gasteiger partial charge in [0.25, 0.3) is 0 Å². The maximum atomic E-state index is 14.6. The number of aromatic carboxylic acids is 1. The standard InChI is InChI=1S/C18H15FN4O3/c19-13-7-11-15(24)12(18(25)26)8-21-16(11)22-17(13)23-6-4-10(9-23)14-3-1-2-5-20-14/h1-3,5,7-8,10H,4,6,9H2,(H,25,26)(H,21,22,24). The fourth-order valence-electron chi connectivity index (χ4n) is 3.31. The van der Waals surface area contributed by atoms with E-state index < -0.39 is 22.8 Å². The summed E-state index contributed by atoms with van der Waals surface area (Å²) in [7, 11) is 0. The molecule has 0 aromatic carbocycles. The Morgan fingerprint density at radius 1 is 1.38 bits per heavy atom. The first kappa shape index (κ1) is 16.2. The summed E-state index contributed by atoms with van der Waals surface area (Å²) in [6, 6.07) is 6.77. The minimum absolute atomic E-state index is 0.0772. The summed E-state index contributed by atoms with van der Waals surface area (Å²) in [4.78, 5) is 36.3. The Morgan fingerprint density at radius 2 is 2.23 bits per heavy atom. The maximum absolute atomic E-state index is 14.6. The number of H-pyrrole nitrogens is 1. The summed E-state index contributed by atoms with van der Waals surface area (Å²) < 4.78 is 14.6. The topological polar surface area (TPSA) is 99.2 Å². The highest BCUT2D eigenvalue weighted by atomic mass is 19.1. The fraction of sp³-hybridized carbons (Fsp3) is 0.222. The number of rotatable bonds is 3. The van der Waals surface area contributed by atoms with E-state index in [-0.39, 0.29) is 22.8 Å². The lowest BCUT2D eigenvalue weighted by Gasteiger charge is -2.18. The Labute approximate surface area is 147 Å². The molecule has 0 saturated carbocycles. The van der Waals surface area contributed by atoms with Crippen molar-refractivity contribution in [2.24, 2.45) is 0 Å². The van der Waals surface area contributed by atoms with E-state index in [4.69, 9.17) is 5.11 Å². The van der Waals surface area contributed by atoms with Crippen molar-refractivity contribution in [3.05, 3.63) is 64.0 Å². The van der Waals surface area contributed by atoms with Gasteiger partial charge in [0.1, 0.15) is 11.2 Å². The van der Waals surface area contributed by atoms with E-state index in [1.165, 1.54) is 0 Å². The molecule has 7 nitrogen and oxygen atoms in total. The molecule has 0 amide bonds. The number of carbonyl (C=O) groups is 1. The Kier molecular flexibility index (Phi) is 3.87. The number of pyridine rings is 3. The van der Waals surface area contributed by atoms with Crippen molar-refractivity contribution in [1.29, 1.82) is 0 Å². The molecular weight excluding hydrogens is 339 g/mol. The summed E-state index contributed by atoms with van der Waals surface area (Å²) >= 11 is 0. The van der Waals surface area contributed by atoms with Gasteiger partial charge >= 0.3 is 5.97 Å². The largest absolute Gasteiger partial charge is 0.477 e. The van der Waals surface area contributed by atoms with Crippen molar-refractivity contribution in [3.8, 4) is 0 Å². The van der Waals surface area contributed by atoms with Gasteiger partial charge in [-0.2, -0.15) is 0 Å². The van der Waals surface area contributed by atoms with Crippen LogP contribution in [0.1, 0.15) is 28.4 Å². The smallest absolute Gasteiger partial charge is 0.341 e. The molecular formula is C18H15FN4O3. The number of halogens is 1. The molecule has 4 heterocycles. The van der Waals surface area contributed by atoms with E-state index in [0.717, 1.165) is 24.4 Å². The van der Waals surface area contributed by atoms with Gasteiger partial charge in [-0.05, 0) is 24.6 Å². The Hall–Kier alpha value is -3.29. The van der Waals surface area contributed by atoms with Crippen LogP contribution in [0.15, 0.2) is 41.5 Å². The fourth-order valence-corrected chi connectivity index (χ4v) is 3.31. The van der Waals surface area contributed by atoms with Crippen molar-refractivity contribution in [3.63, 3.8) is 0 Å². The van der Waals surface area contributed by atoms with Crippen LogP contribution in [-0.2, 0) is 0 Å². The van der Waals surface area contributed by atoms with Gasteiger partial charge < -0.3 is 15.0 Å². The van der Waals surface area contributed by atoms with Gasteiger partial charge in [-0.3, -0.25) is 9.78 Å². The zero-order chi connectivity index (χ0) is 18.3. The van der Waals surface area contributed by atoms with Crippen LogP contribution >= 0.6 is 0 Å². The van der Waals surface area contributed by atoms with E-state index in [1.54, 1.807) is 6.20 Å². The first-order valence-electron chi connectivity index (χ1n) is 8.15. The minimum atomic E-state index is -1.37. The average Bonchev–Trinajstić information content (AvgIpc) is 3.12. The third-order valence-corrected chi connectivity index (χ3v) is 4.62. The highest BCUT2D eigenvalue weighted by molar-refractivity contribution is 5.91. The van der Waals surface area contributed by atoms with Gasteiger partial charge in [0.05, 0.1) is 5.39 Å². The van der Waals surface area contributed by atoms with Crippen LogP contribution in [0.3, 0.4) is 0 Å². The van der Waals surface area contributed by atoms with Crippen LogP contribution in [0.4, 0.5) is 10.2 Å². The molecule has 0 bridgehead atoms. The molecule has 8 heteroatoms. The van der Waals surface area contributed by atoms with Crippen molar-refractivity contribution in [1.82, 2.24) is 15.0 Å². The molecule has 132 valence electrons. The molecule has 0 radical (unpaired) electrons. The van der Waals surface area contributed by atoms with Crippen molar-refractivity contribution >= 4 is 22.8 Å². The van der Waals surface area contributed by atoms with Crippen molar-refractivity contribution < 1.29 is 14.3 Å². The van der Waals surface area contributed by atoms with Crippen LogP contribution in [0, 0.1) is 5.82 Å².